The van der Waals surface area contributed by atoms with Crippen LogP contribution in [0.2, 0.25) is 0 Å². The fourth-order valence-electron chi connectivity index (χ4n) is 4.01. The zero-order valence-corrected chi connectivity index (χ0v) is 19.2. The number of rotatable bonds is 9. The van der Waals surface area contributed by atoms with Gasteiger partial charge >= 0.3 is 0 Å². The van der Waals surface area contributed by atoms with Gasteiger partial charge in [0.25, 0.3) is 11.7 Å². The number of Topliss-reactive ketones (excluding diaryl/α,β-unsaturated/α-hetero) is 1. The van der Waals surface area contributed by atoms with Crippen molar-refractivity contribution >= 4 is 17.4 Å². The third-order valence-corrected chi connectivity index (χ3v) is 5.75. The van der Waals surface area contributed by atoms with E-state index in [-0.39, 0.29) is 17.9 Å². The van der Waals surface area contributed by atoms with Gasteiger partial charge in [-0.25, -0.2) is 0 Å². The topological polar surface area (TPSA) is 89.2 Å². The van der Waals surface area contributed by atoms with Gasteiger partial charge in [0.2, 0.25) is 0 Å². The molecular weight excluding hydrogens is 434 g/mol. The van der Waals surface area contributed by atoms with E-state index in [1.807, 2.05) is 6.07 Å². The number of carbonyl (C=O) groups is 2. The van der Waals surface area contributed by atoms with E-state index in [0.29, 0.717) is 35.0 Å². The molecule has 0 aliphatic carbocycles. The fourth-order valence-corrected chi connectivity index (χ4v) is 4.01. The minimum absolute atomic E-state index is 0.0180. The molecule has 1 unspecified atom stereocenters. The van der Waals surface area contributed by atoms with Gasteiger partial charge in [-0.2, -0.15) is 0 Å². The van der Waals surface area contributed by atoms with Crippen LogP contribution in [0.3, 0.4) is 0 Å². The Balaban J connectivity index is 1.81. The molecule has 7 heteroatoms. The normalized spacial score (nSPS) is 17.2. The first-order valence-corrected chi connectivity index (χ1v) is 11.2. The fraction of sp³-hybridized carbons (Fsp3) is 0.259. The van der Waals surface area contributed by atoms with Crippen LogP contribution < -0.4 is 9.47 Å². The number of carbonyl (C=O) groups excluding carboxylic acids is 2. The van der Waals surface area contributed by atoms with Gasteiger partial charge in [0.15, 0.2) is 11.5 Å². The number of ether oxygens (including phenoxy) is 2. The van der Waals surface area contributed by atoms with E-state index in [9.17, 15) is 14.7 Å². The molecular formula is C27H27NO6. The summed E-state index contributed by atoms with van der Waals surface area (Å²) in [5, 5.41) is 11.1. The molecule has 1 N–H and O–H groups in total. The minimum atomic E-state index is -0.830. The number of amides is 1. The number of benzene rings is 2. The maximum atomic E-state index is 13.1. The number of furan rings is 1. The van der Waals surface area contributed by atoms with Crippen molar-refractivity contribution in [1.82, 2.24) is 4.90 Å². The quantitative estimate of drug-likeness (QED) is 0.207. The highest BCUT2D eigenvalue weighted by atomic mass is 16.5. The molecule has 1 aromatic heterocycles. The molecule has 2 heterocycles. The molecule has 1 aliphatic heterocycles. The number of likely N-dealkylation sites (tertiary alicyclic amines) is 1. The Morgan fingerprint density at radius 1 is 1.06 bits per heavy atom. The van der Waals surface area contributed by atoms with E-state index in [1.165, 1.54) is 18.3 Å². The molecule has 0 saturated carbocycles. The highest BCUT2D eigenvalue weighted by Crippen LogP contribution is 2.42. The number of aliphatic hydroxyl groups excluding tert-OH is 1. The molecule has 7 nitrogen and oxygen atoms in total. The SMILES string of the molecule is CCCCOc1ccc(C2/C(=C(\O)c3ccccc3)C(=O)C(=O)N2Cc2ccco2)cc1OC. The molecule has 1 amide bonds. The van der Waals surface area contributed by atoms with Crippen molar-refractivity contribution in [2.45, 2.75) is 32.4 Å². The number of nitrogens with zero attached hydrogens (tertiary/aromatic N) is 1. The summed E-state index contributed by atoms with van der Waals surface area (Å²) < 4.78 is 16.8. The predicted octanol–water partition coefficient (Wildman–Crippen LogP) is 5.09. The highest BCUT2D eigenvalue weighted by Gasteiger charge is 2.46. The van der Waals surface area contributed by atoms with Crippen LogP contribution in [0.25, 0.3) is 5.76 Å². The van der Waals surface area contributed by atoms with E-state index in [4.69, 9.17) is 13.9 Å². The second-order valence-corrected chi connectivity index (χ2v) is 7.98. The molecule has 1 aliphatic rings. The zero-order valence-electron chi connectivity index (χ0n) is 19.2. The summed E-state index contributed by atoms with van der Waals surface area (Å²) in [5.41, 5.74) is 1.09. The molecule has 1 atom stereocenters. The molecule has 4 rings (SSSR count). The Kier molecular flexibility index (Phi) is 7.01. The maximum absolute atomic E-state index is 13.1. The van der Waals surface area contributed by atoms with Gasteiger partial charge in [-0.1, -0.05) is 49.7 Å². The van der Waals surface area contributed by atoms with Crippen LogP contribution >= 0.6 is 0 Å². The Labute approximate surface area is 198 Å². The van der Waals surface area contributed by atoms with Gasteiger partial charge in [0, 0.05) is 5.56 Å². The van der Waals surface area contributed by atoms with Gasteiger partial charge < -0.3 is 23.9 Å². The summed E-state index contributed by atoms with van der Waals surface area (Å²) in [5.74, 6) is -0.102. The number of ketones is 1. The number of methoxy groups -OCH3 is 1. The van der Waals surface area contributed by atoms with Crippen molar-refractivity contribution in [1.29, 1.82) is 0 Å². The van der Waals surface area contributed by atoms with Crippen LogP contribution in [0.1, 0.15) is 42.7 Å². The Morgan fingerprint density at radius 3 is 2.53 bits per heavy atom. The summed E-state index contributed by atoms with van der Waals surface area (Å²) in [6, 6.07) is 16.6. The summed E-state index contributed by atoms with van der Waals surface area (Å²) in [6.45, 7) is 2.71. The van der Waals surface area contributed by atoms with Crippen LogP contribution in [0.15, 0.2) is 76.9 Å². The van der Waals surface area contributed by atoms with Crippen LogP contribution in [-0.2, 0) is 16.1 Å². The largest absolute Gasteiger partial charge is 0.507 e. The van der Waals surface area contributed by atoms with Crippen LogP contribution in [0.4, 0.5) is 0 Å². The lowest BCUT2D eigenvalue weighted by molar-refractivity contribution is -0.140. The number of hydrogen-bond donors (Lipinski definition) is 1. The molecule has 34 heavy (non-hydrogen) atoms. The summed E-state index contributed by atoms with van der Waals surface area (Å²) >= 11 is 0. The molecule has 3 aromatic rings. The Morgan fingerprint density at radius 2 is 1.85 bits per heavy atom. The molecule has 2 aromatic carbocycles. The van der Waals surface area contributed by atoms with Crippen molar-refractivity contribution < 1.29 is 28.6 Å². The molecule has 176 valence electrons. The average Bonchev–Trinajstić information content (AvgIpc) is 3.47. The number of hydrogen-bond acceptors (Lipinski definition) is 6. The molecule has 0 bridgehead atoms. The Hall–Kier alpha value is -4.00. The van der Waals surface area contributed by atoms with Gasteiger partial charge in [0.1, 0.15) is 11.5 Å². The van der Waals surface area contributed by atoms with Crippen LogP contribution in [0, 0.1) is 0 Å². The lowest BCUT2D eigenvalue weighted by Gasteiger charge is -2.25. The van der Waals surface area contributed by atoms with Crippen molar-refractivity contribution in [2.75, 3.05) is 13.7 Å². The predicted molar refractivity (Wildman–Crippen MR) is 126 cm³/mol. The lowest BCUT2D eigenvalue weighted by atomic mass is 9.95. The standard InChI is InChI=1S/C27H27NO6/c1-3-4-14-34-21-13-12-19(16-22(21)32-2)24-23(25(29)18-9-6-5-7-10-18)26(30)27(31)28(24)17-20-11-8-15-33-20/h5-13,15-16,24,29H,3-4,14,17H2,1-2H3/b25-23+. The summed E-state index contributed by atoms with van der Waals surface area (Å²) in [7, 11) is 1.54. The smallest absolute Gasteiger partial charge is 0.296 e. The lowest BCUT2D eigenvalue weighted by Crippen LogP contribution is -2.29. The van der Waals surface area contributed by atoms with Gasteiger partial charge in [-0.15, -0.1) is 0 Å². The zero-order chi connectivity index (χ0) is 24.1. The maximum Gasteiger partial charge on any atom is 0.296 e. The van der Waals surface area contributed by atoms with E-state index in [0.717, 1.165) is 12.8 Å². The molecule has 1 saturated heterocycles. The van der Waals surface area contributed by atoms with Crippen molar-refractivity contribution in [3.05, 3.63) is 89.4 Å². The van der Waals surface area contributed by atoms with Crippen molar-refractivity contribution in [3.8, 4) is 11.5 Å². The van der Waals surface area contributed by atoms with Gasteiger partial charge in [-0.05, 0) is 36.2 Å². The average molecular weight is 462 g/mol. The second kappa shape index (κ2) is 10.3. The van der Waals surface area contributed by atoms with Crippen LogP contribution in [-0.4, -0.2) is 35.4 Å². The van der Waals surface area contributed by atoms with Crippen LogP contribution in [0.5, 0.6) is 11.5 Å². The van der Waals surface area contributed by atoms with E-state index in [1.54, 1.807) is 54.6 Å². The Bertz CT molecular complexity index is 1180. The first-order chi connectivity index (χ1) is 16.5. The molecule has 0 spiro atoms. The third-order valence-electron chi connectivity index (χ3n) is 5.75. The molecule has 0 radical (unpaired) electrons. The van der Waals surface area contributed by atoms with E-state index < -0.39 is 17.7 Å². The first kappa shape index (κ1) is 23.2. The van der Waals surface area contributed by atoms with Crippen molar-refractivity contribution in [3.63, 3.8) is 0 Å². The summed E-state index contributed by atoms with van der Waals surface area (Å²) in [6.07, 6.45) is 3.42. The summed E-state index contributed by atoms with van der Waals surface area (Å²) in [4.78, 5) is 27.6. The first-order valence-electron chi connectivity index (χ1n) is 11.2. The van der Waals surface area contributed by atoms with E-state index in [2.05, 4.69) is 6.92 Å². The highest BCUT2D eigenvalue weighted by molar-refractivity contribution is 6.46. The number of unbranched alkanes of at least 4 members (excludes halogenated alkanes) is 1. The van der Waals surface area contributed by atoms with Gasteiger partial charge in [0.05, 0.1) is 38.1 Å². The molecule has 1 fully saturated rings. The monoisotopic (exact) mass is 461 g/mol. The number of aliphatic hydroxyl groups is 1. The van der Waals surface area contributed by atoms with E-state index >= 15 is 0 Å². The second-order valence-electron chi connectivity index (χ2n) is 7.98. The third kappa shape index (κ3) is 4.55. The van der Waals surface area contributed by atoms with Gasteiger partial charge in [-0.3, -0.25) is 9.59 Å². The minimum Gasteiger partial charge on any atom is -0.507 e. The van der Waals surface area contributed by atoms with Crippen molar-refractivity contribution in [2.24, 2.45) is 0 Å².